The standard InChI is InChI=1S/C19H29N3O/c1-14-11-20-18(22(14)13-15-6-7-15)10-16-8-9-21(12-16)19(23)17-4-2-3-5-17/h11,15-17H,2-10,12-13H2,1H3. The highest BCUT2D eigenvalue weighted by Gasteiger charge is 2.33. The lowest BCUT2D eigenvalue weighted by molar-refractivity contribution is -0.134. The van der Waals surface area contributed by atoms with Gasteiger partial charge in [-0.25, -0.2) is 4.98 Å². The predicted molar refractivity (Wildman–Crippen MR) is 90.0 cm³/mol. The van der Waals surface area contributed by atoms with Gasteiger partial charge in [-0.2, -0.15) is 0 Å². The number of hydrogen-bond donors (Lipinski definition) is 0. The molecule has 3 aliphatic rings. The molecule has 0 N–H and O–H groups in total. The van der Waals surface area contributed by atoms with Crippen LogP contribution < -0.4 is 0 Å². The summed E-state index contributed by atoms with van der Waals surface area (Å²) in [6.45, 7) is 5.23. The normalized spacial score (nSPS) is 25.4. The van der Waals surface area contributed by atoms with Gasteiger partial charge in [-0.3, -0.25) is 4.79 Å². The van der Waals surface area contributed by atoms with E-state index in [1.165, 1.54) is 37.2 Å². The van der Waals surface area contributed by atoms with E-state index in [2.05, 4.69) is 21.4 Å². The van der Waals surface area contributed by atoms with E-state index in [9.17, 15) is 4.79 Å². The van der Waals surface area contributed by atoms with Crippen LogP contribution in [0.4, 0.5) is 0 Å². The number of aryl methyl sites for hydroxylation is 1. The summed E-state index contributed by atoms with van der Waals surface area (Å²) in [5, 5.41) is 0. The third-order valence-corrected chi connectivity index (χ3v) is 6.05. The first-order valence-electron chi connectivity index (χ1n) is 9.50. The molecule has 3 fully saturated rings. The molecule has 1 aliphatic heterocycles. The van der Waals surface area contributed by atoms with Crippen molar-refractivity contribution in [3.05, 3.63) is 17.7 Å². The Hall–Kier alpha value is -1.32. The zero-order valence-electron chi connectivity index (χ0n) is 14.3. The van der Waals surface area contributed by atoms with Crippen molar-refractivity contribution in [2.75, 3.05) is 13.1 Å². The van der Waals surface area contributed by atoms with E-state index in [0.717, 1.165) is 51.2 Å². The van der Waals surface area contributed by atoms with Crippen LogP contribution >= 0.6 is 0 Å². The molecule has 1 aromatic heterocycles. The Morgan fingerprint density at radius 3 is 2.70 bits per heavy atom. The van der Waals surface area contributed by atoms with E-state index in [1.54, 1.807) is 0 Å². The Kier molecular flexibility index (Phi) is 4.16. The van der Waals surface area contributed by atoms with Crippen molar-refractivity contribution in [2.45, 2.75) is 64.8 Å². The van der Waals surface area contributed by atoms with Crippen molar-refractivity contribution in [2.24, 2.45) is 17.8 Å². The molecule has 2 heterocycles. The fraction of sp³-hybridized carbons (Fsp3) is 0.789. The smallest absolute Gasteiger partial charge is 0.225 e. The van der Waals surface area contributed by atoms with Gasteiger partial charge in [-0.1, -0.05) is 12.8 Å². The van der Waals surface area contributed by atoms with Crippen LogP contribution in [0.3, 0.4) is 0 Å². The monoisotopic (exact) mass is 315 g/mol. The molecule has 23 heavy (non-hydrogen) atoms. The average molecular weight is 315 g/mol. The van der Waals surface area contributed by atoms with Gasteiger partial charge in [0.1, 0.15) is 5.82 Å². The number of rotatable bonds is 5. The Morgan fingerprint density at radius 2 is 1.96 bits per heavy atom. The molecule has 1 unspecified atom stereocenters. The van der Waals surface area contributed by atoms with Gasteiger partial charge < -0.3 is 9.47 Å². The zero-order chi connectivity index (χ0) is 15.8. The van der Waals surface area contributed by atoms with Gasteiger partial charge in [0.05, 0.1) is 0 Å². The van der Waals surface area contributed by atoms with Crippen molar-refractivity contribution >= 4 is 5.91 Å². The number of aromatic nitrogens is 2. The minimum atomic E-state index is 0.327. The molecule has 2 aliphatic carbocycles. The van der Waals surface area contributed by atoms with Crippen LogP contribution in [0.15, 0.2) is 6.20 Å². The summed E-state index contributed by atoms with van der Waals surface area (Å²) in [6, 6.07) is 0. The van der Waals surface area contributed by atoms with Crippen LogP contribution in [0.1, 0.15) is 56.5 Å². The van der Waals surface area contributed by atoms with E-state index in [-0.39, 0.29) is 0 Å². The van der Waals surface area contributed by atoms with Crippen LogP contribution in [0, 0.1) is 24.7 Å². The largest absolute Gasteiger partial charge is 0.342 e. The summed E-state index contributed by atoms with van der Waals surface area (Å²) in [4.78, 5) is 19.4. The Labute approximate surface area is 139 Å². The van der Waals surface area contributed by atoms with Gasteiger partial charge in [0, 0.05) is 43.9 Å². The number of carbonyl (C=O) groups is 1. The molecule has 1 aromatic rings. The number of imidazole rings is 1. The highest BCUT2D eigenvalue weighted by molar-refractivity contribution is 5.79. The van der Waals surface area contributed by atoms with Crippen molar-refractivity contribution in [1.29, 1.82) is 0 Å². The van der Waals surface area contributed by atoms with Crippen LogP contribution in [-0.4, -0.2) is 33.4 Å². The highest BCUT2D eigenvalue weighted by atomic mass is 16.2. The molecule has 4 nitrogen and oxygen atoms in total. The fourth-order valence-electron chi connectivity index (χ4n) is 4.37. The van der Waals surface area contributed by atoms with Crippen LogP contribution in [0.5, 0.6) is 0 Å². The van der Waals surface area contributed by atoms with Gasteiger partial charge in [0.25, 0.3) is 0 Å². The van der Waals surface area contributed by atoms with Gasteiger partial charge in [0.2, 0.25) is 5.91 Å². The second-order valence-electron chi connectivity index (χ2n) is 7.99. The molecule has 4 heteroatoms. The molecule has 126 valence electrons. The summed E-state index contributed by atoms with van der Waals surface area (Å²) >= 11 is 0. The second kappa shape index (κ2) is 6.29. The van der Waals surface area contributed by atoms with Crippen molar-refractivity contribution in [1.82, 2.24) is 14.5 Å². The summed E-state index contributed by atoms with van der Waals surface area (Å²) < 4.78 is 2.43. The Morgan fingerprint density at radius 1 is 1.17 bits per heavy atom. The third kappa shape index (κ3) is 3.31. The molecule has 2 saturated carbocycles. The lowest BCUT2D eigenvalue weighted by Crippen LogP contribution is -2.33. The maximum Gasteiger partial charge on any atom is 0.225 e. The number of amides is 1. The van der Waals surface area contributed by atoms with Gasteiger partial charge in [-0.15, -0.1) is 0 Å². The molecule has 4 rings (SSSR count). The van der Waals surface area contributed by atoms with Crippen molar-refractivity contribution in [3.8, 4) is 0 Å². The zero-order valence-corrected chi connectivity index (χ0v) is 14.3. The number of nitrogens with zero attached hydrogens (tertiary/aromatic N) is 3. The second-order valence-corrected chi connectivity index (χ2v) is 7.99. The average Bonchev–Trinajstić information content (AvgIpc) is 2.96. The molecule has 1 amide bonds. The van der Waals surface area contributed by atoms with Gasteiger partial charge in [-0.05, 0) is 50.9 Å². The summed E-state index contributed by atoms with van der Waals surface area (Å²) in [7, 11) is 0. The molecule has 0 spiro atoms. The molecule has 0 aromatic carbocycles. The van der Waals surface area contributed by atoms with Crippen LogP contribution in [-0.2, 0) is 17.8 Å². The molecular weight excluding hydrogens is 286 g/mol. The topological polar surface area (TPSA) is 38.1 Å². The van der Waals surface area contributed by atoms with Crippen molar-refractivity contribution in [3.63, 3.8) is 0 Å². The van der Waals surface area contributed by atoms with E-state index < -0.39 is 0 Å². The molecule has 0 radical (unpaired) electrons. The summed E-state index contributed by atoms with van der Waals surface area (Å²) in [5.41, 5.74) is 1.30. The Bertz CT molecular complexity index is 569. The Balaban J connectivity index is 1.36. The van der Waals surface area contributed by atoms with Gasteiger partial charge >= 0.3 is 0 Å². The minimum Gasteiger partial charge on any atom is -0.342 e. The third-order valence-electron chi connectivity index (χ3n) is 6.05. The first-order chi connectivity index (χ1) is 11.2. The molecule has 1 atom stereocenters. The van der Waals surface area contributed by atoms with E-state index in [4.69, 9.17) is 0 Å². The maximum atomic E-state index is 12.6. The molecule has 0 bridgehead atoms. The lowest BCUT2D eigenvalue weighted by atomic mass is 10.0. The van der Waals surface area contributed by atoms with E-state index >= 15 is 0 Å². The summed E-state index contributed by atoms with van der Waals surface area (Å²) in [5.74, 6) is 3.48. The van der Waals surface area contributed by atoms with Crippen molar-refractivity contribution < 1.29 is 4.79 Å². The highest BCUT2D eigenvalue weighted by Crippen LogP contribution is 2.33. The fourth-order valence-corrected chi connectivity index (χ4v) is 4.37. The first-order valence-corrected chi connectivity index (χ1v) is 9.50. The van der Waals surface area contributed by atoms with Crippen LogP contribution in [0.25, 0.3) is 0 Å². The summed E-state index contributed by atoms with van der Waals surface area (Å²) in [6.07, 6.45) is 11.7. The number of carbonyl (C=O) groups excluding carboxylic acids is 1. The van der Waals surface area contributed by atoms with E-state index in [1.807, 2.05) is 6.20 Å². The SMILES string of the molecule is Cc1cnc(CC2CCN(C(=O)C3CCCC3)C2)n1CC1CC1. The molecule has 1 saturated heterocycles. The minimum absolute atomic E-state index is 0.327. The predicted octanol–water partition coefficient (Wildman–Crippen LogP) is 3.18. The molecular formula is C19H29N3O. The van der Waals surface area contributed by atoms with Crippen LogP contribution in [0.2, 0.25) is 0 Å². The number of hydrogen-bond acceptors (Lipinski definition) is 2. The maximum absolute atomic E-state index is 12.6. The van der Waals surface area contributed by atoms with Gasteiger partial charge in [0.15, 0.2) is 0 Å². The number of likely N-dealkylation sites (tertiary alicyclic amines) is 1. The quantitative estimate of drug-likeness (QED) is 0.837. The first kappa shape index (κ1) is 15.2. The lowest BCUT2D eigenvalue weighted by Gasteiger charge is -2.20. The van der Waals surface area contributed by atoms with E-state index in [0.29, 0.717) is 17.7 Å².